The second-order valence-electron chi connectivity index (χ2n) is 7.22. The van der Waals surface area contributed by atoms with Crippen LogP contribution in [0.1, 0.15) is 12.7 Å². The number of aromatic nitrogens is 4. The number of aryl methyl sites for hydroxylation is 1. The van der Waals surface area contributed by atoms with Crippen LogP contribution in [0.5, 0.6) is 11.6 Å². The molecular weight excluding hydrogens is 445 g/mol. The molecule has 0 radical (unpaired) electrons. The zero-order chi connectivity index (χ0) is 23.0. The molecule has 2 heterocycles. The SMILES string of the molecule is CCc1nnc2c(Oc3cccc(NS(=O)(=O)c4ccc(F)cc4)c3)nc3ccccc3n12. The predicted octanol–water partition coefficient (Wildman–Crippen LogP) is 4.57. The number of nitrogens with one attached hydrogen (secondary N) is 1. The summed E-state index contributed by atoms with van der Waals surface area (Å²) in [6.07, 6.45) is 0.676. The Kier molecular flexibility index (Phi) is 5.14. The van der Waals surface area contributed by atoms with Crippen molar-refractivity contribution >= 4 is 32.4 Å². The molecule has 1 N–H and O–H groups in total. The van der Waals surface area contributed by atoms with Gasteiger partial charge in [-0.25, -0.2) is 17.8 Å². The second kappa shape index (κ2) is 8.14. The lowest BCUT2D eigenvalue weighted by Gasteiger charge is -2.11. The lowest BCUT2D eigenvalue weighted by molar-refractivity contribution is 0.467. The van der Waals surface area contributed by atoms with Crippen LogP contribution in [-0.2, 0) is 16.4 Å². The number of nitrogens with zero attached hydrogens (tertiary/aromatic N) is 4. The van der Waals surface area contributed by atoms with E-state index in [1.54, 1.807) is 18.2 Å². The van der Waals surface area contributed by atoms with Crippen molar-refractivity contribution in [2.24, 2.45) is 0 Å². The molecule has 3 aromatic carbocycles. The highest BCUT2D eigenvalue weighted by molar-refractivity contribution is 7.92. The van der Waals surface area contributed by atoms with Gasteiger partial charge in [-0.2, -0.15) is 0 Å². The Morgan fingerprint density at radius 3 is 2.58 bits per heavy atom. The molecule has 0 bridgehead atoms. The van der Waals surface area contributed by atoms with E-state index in [9.17, 15) is 12.8 Å². The van der Waals surface area contributed by atoms with Crippen LogP contribution >= 0.6 is 0 Å². The predicted molar refractivity (Wildman–Crippen MR) is 121 cm³/mol. The van der Waals surface area contributed by atoms with Gasteiger partial charge in [0.05, 0.1) is 21.6 Å². The molecule has 0 aliphatic rings. The lowest BCUT2D eigenvalue weighted by atomic mass is 10.3. The van der Waals surface area contributed by atoms with Crippen molar-refractivity contribution in [2.45, 2.75) is 18.2 Å². The molecule has 33 heavy (non-hydrogen) atoms. The standard InChI is InChI=1S/C23H18FN5O3S/c1-2-21-26-27-22-23(25-19-8-3-4-9-20(19)29(21)22)32-17-7-5-6-16(14-17)28-33(30,31)18-12-10-15(24)11-13-18/h3-14,28H,2H2,1H3. The Morgan fingerprint density at radius 2 is 1.79 bits per heavy atom. The molecule has 8 nitrogen and oxygen atoms in total. The number of ether oxygens (including phenoxy) is 1. The summed E-state index contributed by atoms with van der Waals surface area (Å²) < 4.78 is 48.8. The van der Waals surface area contributed by atoms with E-state index in [4.69, 9.17) is 4.74 Å². The summed E-state index contributed by atoms with van der Waals surface area (Å²) >= 11 is 0. The average molecular weight is 463 g/mol. The first-order valence-corrected chi connectivity index (χ1v) is 11.6. The van der Waals surface area contributed by atoms with Gasteiger partial charge in [0.25, 0.3) is 15.9 Å². The van der Waals surface area contributed by atoms with Crippen molar-refractivity contribution in [3.8, 4) is 11.6 Å². The highest BCUT2D eigenvalue weighted by Gasteiger charge is 2.17. The summed E-state index contributed by atoms with van der Waals surface area (Å²) in [6, 6.07) is 18.6. The van der Waals surface area contributed by atoms with E-state index < -0.39 is 15.8 Å². The first-order valence-electron chi connectivity index (χ1n) is 10.1. The fourth-order valence-corrected chi connectivity index (χ4v) is 4.52. The van der Waals surface area contributed by atoms with Crippen molar-refractivity contribution in [2.75, 3.05) is 4.72 Å². The lowest BCUT2D eigenvalue weighted by Crippen LogP contribution is -2.12. The molecule has 0 amide bonds. The third-order valence-electron chi connectivity index (χ3n) is 5.01. The maximum atomic E-state index is 13.1. The van der Waals surface area contributed by atoms with Crippen molar-refractivity contribution in [1.29, 1.82) is 0 Å². The summed E-state index contributed by atoms with van der Waals surface area (Å²) in [4.78, 5) is 4.53. The molecule has 5 rings (SSSR count). The van der Waals surface area contributed by atoms with Gasteiger partial charge < -0.3 is 4.74 Å². The largest absolute Gasteiger partial charge is 0.436 e. The molecule has 0 atom stereocenters. The van der Waals surface area contributed by atoms with Crippen LogP contribution in [0.2, 0.25) is 0 Å². The summed E-state index contributed by atoms with van der Waals surface area (Å²) in [7, 11) is -3.90. The number of halogens is 1. The fourth-order valence-electron chi connectivity index (χ4n) is 3.48. The first-order chi connectivity index (χ1) is 15.9. The van der Waals surface area contributed by atoms with Crippen LogP contribution < -0.4 is 9.46 Å². The van der Waals surface area contributed by atoms with E-state index in [2.05, 4.69) is 19.9 Å². The highest BCUT2D eigenvalue weighted by atomic mass is 32.2. The molecule has 5 aromatic rings. The smallest absolute Gasteiger partial charge is 0.266 e. The minimum Gasteiger partial charge on any atom is -0.436 e. The molecule has 0 aliphatic carbocycles. The van der Waals surface area contributed by atoms with Crippen LogP contribution in [0.4, 0.5) is 10.1 Å². The average Bonchev–Trinajstić information content (AvgIpc) is 3.24. The third kappa shape index (κ3) is 3.96. The van der Waals surface area contributed by atoms with Gasteiger partial charge in [0.15, 0.2) is 0 Å². The number of sulfonamides is 1. The van der Waals surface area contributed by atoms with Gasteiger partial charge >= 0.3 is 0 Å². The number of fused-ring (bicyclic) bond motifs is 3. The molecule has 2 aromatic heterocycles. The second-order valence-corrected chi connectivity index (χ2v) is 8.91. The van der Waals surface area contributed by atoms with Gasteiger partial charge in [-0.05, 0) is 48.5 Å². The summed E-state index contributed by atoms with van der Waals surface area (Å²) in [5.41, 5.74) is 2.32. The Hall–Kier alpha value is -4.05. The fraction of sp³-hybridized carbons (Fsp3) is 0.0870. The Morgan fingerprint density at radius 1 is 1.00 bits per heavy atom. The molecule has 0 fully saturated rings. The topological polar surface area (TPSA) is 98.5 Å². The molecule has 0 saturated carbocycles. The minimum absolute atomic E-state index is 0.0521. The van der Waals surface area contributed by atoms with Gasteiger partial charge in [-0.1, -0.05) is 25.1 Å². The van der Waals surface area contributed by atoms with Crippen molar-refractivity contribution in [3.05, 3.63) is 84.4 Å². The molecule has 10 heteroatoms. The van der Waals surface area contributed by atoms with E-state index in [1.807, 2.05) is 35.6 Å². The third-order valence-corrected chi connectivity index (χ3v) is 6.40. The maximum absolute atomic E-state index is 13.1. The summed E-state index contributed by atoms with van der Waals surface area (Å²) in [5.74, 6) is 0.868. The quantitative estimate of drug-likeness (QED) is 0.396. The molecule has 0 aliphatic heterocycles. The van der Waals surface area contributed by atoms with Crippen molar-refractivity contribution in [3.63, 3.8) is 0 Å². The Labute approximate surface area is 188 Å². The van der Waals surface area contributed by atoms with Crippen LogP contribution in [-0.4, -0.2) is 28.0 Å². The molecule has 166 valence electrons. The highest BCUT2D eigenvalue weighted by Crippen LogP contribution is 2.29. The number of benzene rings is 3. The van der Waals surface area contributed by atoms with Crippen molar-refractivity contribution < 1.29 is 17.5 Å². The van der Waals surface area contributed by atoms with Gasteiger partial charge in [0.1, 0.15) is 17.4 Å². The number of anilines is 1. The van der Waals surface area contributed by atoms with Crippen LogP contribution in [0, 0.1) is 5.82 Å². The summed E-state index contributed by atoms with van der Waals surface area (Å²) in [5, 5.41) is 8.49. The first kappa shape index (κ1) is 20.8. The Balaban J connectivity index is 1.50. The zero-order valence-corrected chi connectivity index (χ0v) is 18.3. The zero-order valence-electron chi connectivity index (χ0n) is 17.4. The van der Waals surface area contributed by atoms with Gasteiger partial charge in [-0.15, -0.1) is 10.2 Å². The van der Waals surface area contributed by atoms with Gasteiger partial charge in [-0.3, -0.25) is 9.12 Å². The van der Waals surface area contributed by atoms with E-state index in [-0.39, 0.29) is 16.5 Å². The number of rotatable bonds is 6. The summed E-state index contributed by atoms with van der Waals surface area (Å²) in [6.45, 7) is 1.99. The van der Waals surface area contributed by atoms with Crippen LogP contribution in [0.3, 0.4) is 0 Å². The maximum Gasteiger partial charge on any atom is 0.266 e. The van der Waals surface area contributed by atoms with Crippen LogP contribution in [0.25, 0.3) is 16.7 Å². The van der Waals surface area contributed by atoms with Gasteiger partial charge in [0.2, 0.25) is 5.65 Å². The monoisotopic (exact) mass is 463 g/mol. The van der Waals surface area contributed by atoms with E-state index in [1.165, 1.54) is 18.2 Å². The Bertz CT molecular complexity index is 1580. The van der Waals surface area contributed by atoms with Crippen molar-refractivity contribution in [1.82, 2.24) is 19.6 Å². The van der Waals surface area contributed by atoms with E-state index >= 15 is 0 Å². The number of hydrogen-bond donors (Lipinski definition) is 1. The molecule has 0 unspecified atom stereocenters. The van der Waals surface area contributed by atoms with E-state index in [0.717, 1.165) is 23.5 Å². The number of hydrogen-bond acceptors (Lipinski definition) is 6. The number of para-hydroxylation sites is 2. The normalized spacial score (nSPS) is 11.7. The molecule has 0 saturated heterocycles. The molecule has 0 spiro atoms. The molecular formula is C23H18FN5O3S. The van der Waals surface area contributed by atoms with E-state index in [0.29, 0.717) is 23.3 Å². The van der Waals surface area contributed by atoms with Crippen LogP contribution in [0.15, 0.2) is 77.7 Å². The minimum atomic E-state index is -3.90. The van der Waals surface area contributed by atoms with Gasteiger partial charge in [0, 0.05) is 12.5 Å².